The maximum absolute atomic E-state index is 13.5. The topological polar surface area (TPSA) is 92.6 Å². The highest BCUT2D eigenvalue weighted by Crippen LogP contribution is 2.33. The van der Waals surface area contributed by atoms with Crippen LogP contribution in [0.4, 0.5) is 5.69 Å². The van der Waals surface area contributed by atoms with Gasteiger partial charge in [0, 0.05) is 35.3 Å². The van der Waals surface area contributed by atoms with Crippen LogP contribution in [0.15, 0.2) is 35.1 Å². The summed E-state index contributed by atoms with van der Waals surface area (Å²) in [5.74, 6) is 0.707. The van der Waals surface area contributed by atoms with E-state index in [1.54, 1.807) is 17.0 Å². The minimum atomic E-state index is -0.332. The number of benzene rings is 2. The van der Waals surface area contributed by atoms with E-state index < -0.39 is 0 Å². The molecule has 1 atom stereocenters. The van der Waals surface area contributed by atoms with Gasteiger partial charge in [-0.3, -0.25) is 14.0 Å². The normalized spacial score (nSPS) is 18.2. The summed E-state index contributed by atoms with van der Waals surface area (Å²) < 4.78 is 7.46. The van der Waals surface area contributed by atoms with Crippen LogP contribution in [0.25, 0.3) is 16.7 Å². The number of rotatable bonds is 2. The van der Waals surface area contributed by atoms with Crippen molar-refractivity contribution < 1.29 is 9.53 Å². The lowest BCUT2D eigenvalue weighted by atomic mass is 10.0. The molecule has 4 heterocycles. The lowest BCUT2D eigenvalue weighted by Gasteiger charge is -2.21. The summed E-state index contributed by atoms with van der Waals surface area (Å²) in [6, 6.07) is 9.30. The molecule has 9 heteroatoms. The van der Waals surface area contributed by atoms with Crippen LogP contribution in [0, 0.1) is 6.92 Å². The minimum absolute atomic E-state index is 0.0771. The van der Waals surface area contributed by atoms with E-state index in [1.807, 2.05) is 29.5 Å². The van der Waals surface area contributed by atoms with Crippen molar-refractivity contribution >= 4 is 39.9 Å². The smallest absolute Gasteiger partial charge is 0.294 e. The van der Waals surface area contributed by atoms with Crippen LogP contribution in [-0.2, 0) is 11.2 Å². The predicted molar refractivity (Wildman–Crippen MR) is 125 cm³/mol. The number of nitrogens with one attached hydrogen (secondary N) is 1. The summed E-state index contributed by atoms with van der Waals surface area (Å²) in [5.41, 5.74) is 4.60. The number of halogens is 1. The first kappa shape index (κ1) is 20.4. The maximum atomic E-state index is 13.5. The van der Waals surface area contributed by atoms with Gasteiger partial charge >= 0.3 is 0 Å². The van der Waals surface area contributed by atoms with Crippen LogP contribution < -0.4 is 10.5 Å². The van der Waals surface area contributed by atoms with Crippen LogP contribution in [-0.4, -0.2) is 45.2 Å². The zero-order valence-electron chi connectivity index (χ0n) is 18.1. The third-order valence-corrected chi connectivity index (χ3v) is 6.90. The zero-order valence-corrected chi connectivity index (χ0v) is 18.9. The Morgan fingerprint density at radius 1 is 1.24 bits per heavy atom. The van der Waals surface area contributed by atoms with Gasteiger partial charge < -0.3 is 14.6 Å². The first-order valence-electron chi connectivity index (χ1n) is 11.1. The Morgan fingerprint density at radius 3 is 2.94 bits per heavy atom. The quantitative estimate of drug-likeness (QED) is 0.490. The van der Waals surface area contributed by atoms with E-state index in [0.717, 1.165) is 54.0 Å². The lowest BCUT2D eigenvalue weighted by Crippen LogP contribution is -2.29. The van der Waals surface area contributed by atoms with Gasteiger partial charge in [0.2, 0.25) is 5.65 Å². The molecule has 1 amide bonds. The SMILES string of the molecule is Cc1cc2c(cc1C(=O)N1CCc3cc(Cl)ccc31)[nH]c(=O)c1nnc(C3CCCOC3)n12. The number of carbonyl (C=O) groups is 1. The third kappa shape index (κ3) is 3.24. The molecule has 0 bridgehead atoms. The molecule has 2 aromatic carbocycles. The van der Waals surface area contributed by atoms with Crippen LogP contribution in [0.3, 0.4) is 0 Å². The van der Waals surface area contributed by atoms with E-state index in [9.17, 15) is 9.59 Å². The third-order valence-electron chi connectivity index (χ3n) is 6.66. The Balaban J connectivity index is 1.48. The van der Waals surface area contributed by atoms with Crippen LogP contribution in [0.5, 0.6) is 0 Å². The molecule has 33 heavy (non-hydrogen) atoms. The highest BCUT2D eigenvalue weighted by atomic mass is 35.5. The molecule has 0 saturated carbocycles. The van der Waals surface area contributed by atoms with Crippen molar-refractivity contribution in [1.29, 1.82) is 0 Å². The Labute approximate surface area is 194 Å². The van der Waals surface area contributed by atoms with Crippen molar-refractivity contribution in [3.63, 3.8) is 0 Å². The Morgan fingerprint density at radius 2 is 2.12 bits per heavy atom. The van der Waals surface area contributed by atoms with Crippen molar-refractivity contribution in [1.82, 2.24) is 19.6 Å². The molecule has 0 radical (unpaired) electrons. The number of H-pyrrole nitrogens is 1. The van der Waals surface area contributed by atoms with Crippen molar-refractivity contribution in [3.8, 4) is 0 Å². The van der Waals surface area contributed by atoms with Crippen LogP contribution in [0.1, 0.15) is 46.1 Å². The number of fused-ring (bicyclic) bond motifs is 4. The molecule has 0 spiro atoms. The van der Waals surface area contributed by atoms with Crippen molar-refractivity contribution in [3.05, 3.63) is 68.2 Å². The highest BCUT2D eigenvalue weighted by molar-refractivity contribution is 6.30. The minimum Gasteiger partial charge on any atom is -0.381 e. The summed E-state index contributed by atoms with van der Waals surface area (Å²) in [6.07, 6.45) is 2.64. The van der Waals surface area contributed by atoms with Gasteiger partial charge in [-0.2, -0.15) is 0 Å². The monoisotopic (exact) mass is 463 g/mol. The van der Waals surface area contributed by atoms with Gasteiger partial charge in [0.15, 0.2) is 0 Å². The summed E-state index contributed by atoms with van der Waals surface area (Å²) in [4.78, 5) is 31.0. The van der Waals surface area contributed by atoms with Gasteiger partial charge in [-0.1, -0.05) is 11.6 Å². The van der Waals surface area contributed by atoms with E-state index in [4.69, 9.17) is 16.3 Å². The van der Waals surface area contributed by atoms with Gasteiger partial charge in [0.1, 0.15) is 5.82 Å². The highest BCUT2D eigenvalue weighted by Gasteiger charge is 2.28. The number of aromatic nitrogens is 4. The number of hydrogen-bond donors (Lipinski definition) is 1. The second-order valence-corrected chi connectivity index (χ2v) is 9.19. The standard InChI is InChI=1S/C24H22ClN5O3/c1-13-9-20-18(11-17(13)24(32)29-7-6-14-10-16(25)4-5-19(14)29)26-23(31)22-28-27-21(30(20)22)15-3-2-8-33-12-15/h4-5,9-11,15H,2-3,6-8,12H2,1H3,(H,26,31). The number of anilines is 1. The fourth-order valence-corrected chi connectivity index (χ4v) is 5.20. The molecule has 1 unspecified atom stereocenters. The molecule has 2 aliphatic rings. The van der Waals surface area contributed by atoms with E-state index in [1.165, 1.54) is 0 Å². The molecular formula is C24H22ClN5O3. The summed E-state index contributed by atoms with van der Waals surface area (Å²) in [5, 5.41) is 9.16. The number of aromatic amines is 1. The van der Waals surface area contributed by atoms with Gasteiger partial charge in [-0.15, -0.1) is 10.2 Å². The number of aryl methyl sites for hydroxylation is 1. The van der Waals surface area contributed by atoms with Gasteiger partial charge in [-0.25, -0.2) is 0 Å². The molecular weight excluding hydrogens is 442 g/mol. The van der Waals surface area contributed by atoms with Crippen LogP contribution in [0.2, 0.25) is 5.02 Å². The Kier molecular flexibility index (Phi) is 4.74. The molecule has 2 aromatic heterocycles. The molecule has 8 nitrogen and oxygen atoms in total. The molecule has 168 valence electrons. The van der Waals surface area contributed by atoms with E-state index in [-0.39, 0.29) is 23.0 Å². The van der Waals surface area contributed by atoms with E-state index >= 15 is 0 Å². The number of hydrogen-bond acceptors (Lipinski definition) is 5. The number of nitrogens with zero attached hydrogens (tertiary/aromatic N) is 4. The van der Waals surface area contributed by atoms with Crippen molar-refractivity contribution in [2.45, 2.75) is 32.1 Å². The number of carbonyl (C=O) groups excluding carboxylic acids is 1. The van der Waals surface area contributed by atoms with Gasteiger partial charge in [0.25, 0.3) is 11.5 Å². The number of ether oxygens (including phenoxy) is 1. The lowest BCUT2D eigenvalue weighted by molar-refractivity contribution is 0.0778. The predicted octanol–water partition coefficient (Wildman–Crippen LogP) is 3.63. The first-order valence-corrected chi connectivity index (χ1v) is 11.5. The number of amides is 1. The summed E-state index contributed by atoms with van der Waals surface area (Å²) in [6.45, 7) is 3.81. The fourth-order valence-electron chi connectivity index (χ4n) is 5.00. The fraction of sp³-hybridized carbons (Fsp3) is 0.333. The summed E-state index contributed by atoms with van der Waals surface area (Å²) >= 11 is 6.12. The largest absolute Gasteiger partial charge is 0.381 e. The Hall–Kier alpha value is -3.23. The second-order valence-electron chi connectivity index (χ2n) is 8.75. The van der Waals surface area contributed by atoms with Gasteiger partial charge in [-0.05, 0) is 67.6 Å². The zero-order chi connectivity index (χ0) is 22.7. The molecule has 2 aliphatic heterocycles. The van der Waals surface area contributed by atoms with Crippen molar-refractivity contribution in [2.75, 3.05) is 24.7 Å². The molecule has 6 rings (SSSR count). The molecule has 1 saturated heterocycles. The molecule has 1 fully saturated rings. The first-order chi connectivity index (χ1) is 16.0. The Bertz CT molecular complexity index is 1490. The van der Waals surface area contributed by atoms with E-state index in [2.05, 4.69) is 15.2 Å². The van der Waals surface area contributed by atoms with Gasteiger partial charge in [0.05, 0.1) is 17.6 Å². The second kappa shape index (κ2) is 7.67. The van der Waals surface area contributed by atoms with Crippen LogP contribution >= 0.6 is 11.6 Å². The average molecular weight is 464 g/mol. The molecule has 4 aromatic rings. The maximum Gasteiger partial charge on any atom is 0.294 e. The van der Waals surface area contributed by atoms with Crippen molar-refractivity contribution in [2.24, 2.45) is 0 Å². The average Bonchev–Trinajstić information content (AvgIpc) is 3.44. The van der Waals surface area contributed by atoms with E-state index in [0.29, 0.717) is 29.3 Å². The summed E-state index contributed by atoms with van der Waals surface area (Å²) in [7, 11) is 0. The molecule has 0 aliphatic carbocycles. The molecule has 1 N–H and O–H groups in total.